The Labute approximate surface area is 163 Å². The van der Waals surface area contributed by atoms with E-state index in [0.717, 1.165) is 19.3 Å². The molecule has 0 aliphatic heterocycles. The van der Waals surface area contributed by atoms with E-state index in [1.54, 1.807) is 0 Å². The topological polar surface area (TPSA) is 71.4 Å². The van der Waals surface area contributed by atoms with Crippen LogP contribution in [-0.2, 0) is 14.9 Å². The molecule has 24 heavy (non-hydrogen) atoms. The van der Waals surface area contributed by atoms with Gasteiger partial charge in [-0.3, -0.25) is 9.35 Å². The summed E-state index contributed by atoms with van der Waals surface area (Å²) in [6.07, 6.45) is 18.3. The van der Waals surface area contributed by atoms with Crippen LogP contribution in [-0.4, -0.2) is 18.1 Å². The second-order valence-electron chi connectivity index (χ2n) is 6.55. The molecule has 0 heterocycles. The van der Waals surface area contributed by atoms with E-state index in [1.165, 1.54) is 70.6 Å². The van der Waals surface area contributed by atoms with E-state index < -0.39 is 15.2 Å². The molecule has 0 aromatic heterocycles. The molecule has 0 saturated carbocycles. The van der Waals surface area contributed by atoms with Crippen molar-refractivity contribution in [2.75, 3.05) is 0 Å². The Morgan fingerprint density at radius 1 is 0.708 bits per heavy atom. The van der Waals surface area contributed by atoms with Crippen LogP contribution in [0.4, 0.5) is 0 Å². The van der Waals surface area contributed by atoms with E-state index in [1.807, 2.05) is 0 Å². The summed E-state index contributed by atoms with van der Waals surface area (Å²) in [5, 5.41) is -1.05. The van der Waals surface area contributed by atoms with E-state index in [-0.39, 0.29) is 26.7 Å². The average Bonchev–Trinajstić information content (AvgIpc) is 2.50. The number of carbonyl (C=O) groups is 1. The number of carbonyl (C=O) groups excluding carboxylic acids is 1. The number of rotatable bonds is 16. The maximum atomic E-state index is 11.0. The molecule has 0 bridgehead atoms. The Balaban J connectivity index is -0.00000242. The molecule has 0 aliphatic rings. The maximum absolute atomic E-state index is 11.0. The van der Waals surface area contributed by atoms with Gasteiger partial charge in [0.2, 0.25) is 0 Å². The molecular weight excluding hydrogens is 319 g/mol. The summed E-state index contributed by atoms with van der Waals surface area (Å²) >= 11 is 0. The van der Waals surface area contributed by atoms with Crippen molar-refractivity contribution in [2.24, 2.45) is 0 Å². The van der Waals surface area contributed by atoms with E-state index >= 15 is 0 Å². The summed E-state index contributed by atoms with van der Waals surface area (Å²) < 4.78 is 29.6. The fourth-order valence-corrected chi connectivity index (χ4v) is 3.17. The van der Waals surface area contributed by atoms with Crippen molar-refractivity contribution in [3.8, 4) is 0 Å². The van der Waals surface area contributed by atoms with Crippen molar-refractivity contribution < 1.29 is 38.1 Å². The van der Waals surface area contributed by atoms with Crippen LogP contribution in [0.5, 0.6) is 0 Å². The summed E-state index contributed by atoms with van der Waals surface area (Å²) in [6.45, 7) is 2.25. The normalized spacial score (nSPS) is 11.2. The first-order valence-electron chi connectivity index (χ1n) is 9.48. The third-order valence-corrected chi connectivity index (χ3v) is 5.05. The summed E-state index contributed by atoms with van der Waals surface area (Å²) in [7, 11) is -4.46. The minimum Gasteiger partial charge on any atom is -1.00 e. The Kier molecular flexibility index (Phi) is 19.8. The average molecular weight is 356 g/mol. The summed E-state index contributed by atoms with van der Waals surface area (Å²) in [5.41, 5.74) is 0. The third kappa shape index (κ3) is 18.5. The molecule has 0 aromatic carbocycles. The molecule has 0 aliphatic carbocycles. The van der Waals surface area contributed by atoms with Gasteiger partial charge in [0.1, 0.15) is 0 Å². The van der Waals surface area contributed by atoms with Crippen molar-refractivity contribution in [2.45, 2.75) is 110 Å². The number of unbranched alkanes of at least 4 members (excludes halogenated alkanes) is 14. The summed E-state index contributed by atoms with van der Waals surface area (Å²) in [6, 6.07) is 0. The summed E-state index contributed by atoms with van der Waals surface area (Å²) in [5.74, 6) is 0. The van der Waals surface area contributed by atoms with Gasteiger partial charge in [-0.15, -0.1) is 0 Å². The monoisotopic (exact) mass is 356 g/mol. The molecule has 0 unspecified atom stereocenters. The number of hydrogen-bond acceptors (Lipinski definition) is 3. The smallest absolute Gasteiger partial charge is 1.00 e. The van der Waals surface area contributed by atoms with Crippen molar-refractivity contribution in [3.05, 3.63) is 0 Å². The zero-order valence-corrected chi connectivity index (χ0v) is 16.7. The van der Waals surface area contributed by atoms with Crippen LogP contribution in [0.2, 0.25) is 0 Å². The van der Waals surface area contributed by atoms with Gasteiger partial charge in [0.05, 0.1) is 0 Å². The van der Waals surface area contributed by atoms with Crippen LogP contribution < -0.4 is 18.9 Å². The van der Waals surface area contributed by atoms with Gasteiger partial charge in [-0.05, 0) is 6.42 Å². The Bertz CT molecular complexity index is 389. The molecule has 0 saturated heterocycles. The first-order valence-corrected chi connectivity index (χ1v) is 10.9. The zero-order chi connectivity index (χ0) is 17.4. The minimum atomic E-state index is -4.46. The van der Waals surface area contributed by atoms with Crippen molar-refractivity contribution in [3.63, 3.8) is 0 Å². The van der Waals surface area contributed by atoms with Crippen LogP contribution in [0.15, 0.2) is 0 Å². The van der Waals surface area contributed by atoms with Crippen LogP contribution in [0.1, 0.15) is 111 Å². The van der Waals surface area contributed by atoms with E-state index in [9.17, 15) is 13.2 Å². The van der Waals surface area contributed by atoms with Crippen LogP contribution in [0.3, 0.4) is 0 Å². The quantitative estimate of drug-likeness (QED) is 0.262. The van der Waals surface area contributed by atoms with Crippen LogP contribution in [0.25, 0.3) is 0 Å². The number of hydrogen-bond donors (Lipinski definition) is 1. The van der Waals surface area contributed by atoms with Gasteiger partial charge in [-0.2, -0.15) is 8.42 Å². The SMILES string of the molecule is CCCCCCCCCCCCCCCCCC(=O)S(=O)(=O)O.[H-].[Li+]. The van der Waals surface area contributed by atoms with Gasteiger partial charge in [-0.25, -0.2) is 0 Å². The largest absolute Gasteiger partial charge is 1.00 e. The second-order valence-corrected chi connectivity index (χ2v) is 7.95. The molecule has 140 valence electrons. The zero-order valence-electron chi connectivity index (χ0n) is 16.9. The maximum Gasteiger partial charge on any atom is 1.00 e. The second kappa shape index (κ2) is 18.0. The standard InChI is InChI=1S/C18H36O4S.Li.H/c1-2-3-4-5-6-7-8-9-10-11-12-13-14-15-16-17-18(19)23(20,21)22;;/h2-17H2,1H3,(H,20,21,22);;/q;+1;-1. The van der Waals surface area contributed by atoms with Gasteiger partial charge in [-0.1, -0.05) is 96.8 Å². The summed E-state index contributed by atoms with van der Waals surface area (Å²) in [4.78, 5) is 11.0. The molecule has 4 nitrogen and oxygen atoms in total. The van der Waals surface area contributed by atoms with Gasteiger partial charge in [0, 0.05) is 6.42 Å². The van der Waals surface area contributed by atoms with E-state index in [2.05, 4.69) is 6.92 Å². The van der Waals surface area contributed by atoms with Gasteiger partial charge < -0.3 is 1.43 Å². The van der Waals surface area contributed by atoms with E-state index in [4.69, 9.17) is 4.55 Å². The predicted molar refractivity (Wildman–Crippen MR) is 97.2 cm³/mol. The van der Waals surface area contributed by atoms with Crippen molar-refractivity contribution >= 4 is 15.2 Å². The van der Waals surface area contributed by atoms with Gasteiger partial charge in [0.15, 0.2) is 0 Å². The molecule has 1 N–H and O–H groups in total. The predicted octanol–water partition coefficient (Wildman–Crippen LogP) is 2.78. The van der Waals surface area contributed by atoms with Crippen molar-refractivity contribution in [1.82, 2.24) is 0 Å². The molecule has 0 radical (unpaired) electrons. The van der Waals surface area contributed by atoms with Crippen LogP contribution in [0, 0.1) is 0 Å². The van der Waals surface area contributed by atoms with Crippen molar-refractivity contribution in [1.29, 1.82) is 0 Å². The van der Waals surface area contributed by atoms with Gasteiger partial charge >= 0.3 is 29.0 Å². The van der Waals surface area contributed by atoms with Gasteiger partial charge in [0.25, 0.3) is 5.12 Å². The third-order valence-electron chi connectivity index (χ3n) is 4.27. The first kappa shape index (κ1) is 26.4. The first-order chi connectivity index (χ1) is 11.0. The fraction of sp³-hybridized carbons (Fsp3) is 0.944. The molecule has 6 heteroatoms. The van der Waals surface area contributed by atoms with Crippen LogP contribution >= 0.6 is 0 Å². The molecule has 0 atom stereocenters. The minimum absolute atomic E-state index is 0. The molecule has 0 amide bonds. The fourth-order valence-electron chi connectivity index (χ4n) is 2.77. The molecule has 0 rings (SSSR count). The Morgan fingerprint density at radius 3 is 1.29 bits per heavy atom. The molecule has 0 spiro atoms. The Morgan fingerprint density at radius 2 is 1.00 bits per heavy atom. The van der Waals surface area contributed by atoms with E-state index in [0.29, 0.717) is 6.42 Å². The molecular formula is C18H37LiO4S. The molecule has 0 fully saturated rings. The Hall–Kier alpha value is 0.177. The molecule has 0 aromatic rings.